The first-order valence-electron chi connectivity index (χ1n) is 6.33. The summed E-state index contributed by atoms with van der Waals surface area (Å²) in [4.78, 5) is 27.3. The summed E-state index contributed by atoms with van der Waals surface area (Å²) >= 11 is 5.55. The molecule has 5 heteroatoms. The number of para-hydroxylation sites is 1. The zero-order valence-corrected chi connectivity index (χ0v) is 11.6. The lowest BCUT2D eigenvalue weighted by molar-refractivity contribution is -0.137. The van der Waals surface area contributed by atoms with E-state index in [0.29, 0.717) is 13.0 Å². The average Bonchev–Trinajstić information content (AvgIpc) is 2.47. The van der Waals surface area contributed by atoms with Gasteiger partial charge in [0.1, 0.15) is 11.9 Å². The van der Waals surface area contributed by atoms with E-state index in [1.54, 1.807) is 11.9 Å². The summed E-state index contributed by atoms with van der Waals surface area (Å²) < 4.78 is 0. The van der Waals surface area contributed by atoms with Crippen molar-refractivity contribution in [1.29, 1.82) is 0 Å². The number of carbonyl (C=O) groups excluding carboxylic acids is 2. The molecule has 2 amide bonds. The predicted molar refractivity (Wildman–Crippen MR) is 75.3 cm³/mol. The highest BCUT2D eigenvalue weighted by atomic mass is 35.5. The second kappa shape index (κ2) is 6.06. The number of nitrogens with zero attached hydrogens (tertiary/aromatic N) is 2. The molecule has 4 nitrogen and oxygen atoms in total. The van der Waals surface area contributed by atoms with Crippen LogP contribution in [-0.4, -0.2) is 42.2 Å². The Morgan fingerprint density at radius 2 is 2.11 bits per heavy atom. The van der Waals surface area contributed by atoms with E-state index < -0.39 is 6.04 Å². The number of benzene rings is 1. The average molecular weight is 281 g/mol. The molecule has 1 aliphatic heterocycles. The minimum absolute atomic E-state index is 0.0292. The summed E-state index contributed by atoms with van der Waals surface area (Å²) in [5.74, 6) is -0.334. The van der Waals surface area contributed by atoms with Crippen LogP contribution in [0.1, 0.15) is 12.8 Å². The molecule has 1 unspecified atom stereocenters. The standard InChI is InChI=1S/C14H17ClN2O2/c1-16(13(18)10-15)12-8-5-9-17(14(12)19)11-6-3-2-4-7-11/h2-4,6-7,12H,5,8-10H2,1H3. The number of anilines is 1. The minimum Gasteiger partial charge on any atom is -0.333 e. The maximum Gasteiger partial charge on any atom is 0.249 e. The lowest BCUT2D eigenvalue weighted by Gasteiger charge is -2.36. The summed E-state index contributed by atoms with van der Waals surface area (Å²) in [6.45, 7) is 0.697. The quantitative estimate of drug-likeness (QED) is 0.793. The van der Waals surface area contributed by atoms with Gasteiger partial charge < -0.3 is 9.80 Å². The molecule has 0 radical (unpaired) electrons. The van der Waals surface area contributed by atoms with Crippen molar-refractivity contribution in [2.75, 3.05) is 24.4 Å². The molecule has 1 aromatic rings. The summed E-state index contributed by atoms with van der Waals surface area (Å²) in [6.07, 6.45) is 1.58. The Labute approximate surface area is 117 Å². The fraction of sp³-hybridized carbons (Fsp3) is 0.429. The number of piperidine rings is 1. The van der Waals surface area contributed by atoms with Gasteiger partial charge in [0, 0.05) is 19.3 Å². The second-order valence-electron chi connectivity index (χ2n) is 4.62. The third-order valence-electron chi connectivity index (χ3n) is 3.45. The van der Waals surface area contributed by atoms with Gasteiger partial charge in [-0.2, -0.15) is 0 Å². The Morgan fingerprint density at radius 1 is 1.42 bits per heavy atom. The predicted octanol–water partition coefficient (Wildman–Crippen LogP) is 1.88. The van der Waals surface area contributed by atoms with E-state index in [-0.39, 0.29) is 17.7 Å². The number of halogens is 1. The SMILES string of the molecule is CN(C(=O)CCl)C1CCCN(c2ccccc2)C1=O. The lowest BCUT2D eigenvalue weighted by atomic mass is 10.0. The number of carbonyl (C=O) groups is 2. The normalized spacial score (nSPS) is 19.4. The molecule has 19 heavy (non-hydrogen) atoms. The van der Waals surface area contributed by atoms with Crippen LogP contribution in [0.4, 0.5) is 5.69 Å². The van der Waals surface area contributed by atoms with Crippen molar-refractivity contribution in [3.63, 3.8) is 0 Å². The largest absolute Gasteiger partial charge is 0.333 e. The number of amides is 2. The van der Waals surface area contributed by atoms with Gasteiger partial charge in [0.15, 0.2) is 0 Å². The number of rotatable bonds is 3. The number of hydrogen-bond donors (Lipinski definition) is 0. The first-order valence-corrected chi connectivity index (χ1v) is 6.86. The van der Waals surface area contributed by atoms with E-state index in [2.05, 4.69) is 0 Å². The van der Waals surface area contributed by atoms with Crippen molar-refractivity contribution >= 4 is 29.1 Å². The lowest BCUT2D eigenvalue weighted by Crippen LogP contribution is -2.53. The molecule has 1 aromatic carbocycles. The highest BCUT2D eigenvalue weighted by molar-refractivity contribution is 6.27. The number of hydrogen-bond acceptors (Lipinski definition) is 2. The molecule has 0 aliphatic carbocycles. The smallest absolute Gasteiger partial charge is 0.249 e. The van der Waals surface area contributed by atoms with Gasteiger partial charge in [0.25, 0.3) is 0 Å². The highest BCUT2D eigenvalue weighted by Crippen LogP contribution is 2.23. The molecule has 1 heterocycles. The summed E-state index contributed by atoms with van der Waals surface area (Å²) in [5.41, 5.74) is 0.879. The molecule has 1 fully saturated rings. The summed E-state index contributed by atoms with van der Waals surface area (Å²) in [6, 6.07) is 9.13. The van der Waals surface area contributed by atoms with Crippen molar-refractivity contribution in [3.8, 4) is 0 Å². The molecule has 1 saturated heterocycles. The fourth-order valence-corrected chi connectivity index (χ4v) is 2.54. The minimum atomic E-state index is -0.403. The Kier molecular flexibility index (Phi) is 4.43. The first-order chi connectivity index (χ1) is 9.15. The maximum absolute atomic E-state index is 12.5. The van der Waals surface area contributed by atoms with E-state index in [9.17, 15) is 9.59 Å². The molecular formula is C14H17ClN2O2. The van der Waals surface area contributed by atoms with Gasteiger partial charge >= 0.3 is 0 Å². The van der Waals surface area contributed by atoms with Gasteiger partial charge in [0.05, 0.1) is 0 Å². The van der Waals surface area contributed by atoms with E-state index in [0.717, 1.165) is 12.1 Å². The zero-order valence-electron chi connectivity index (χ0n) is 10.9. The van der Waals surface area contributed by atoms with Gasteiger partial charge in [-0.15, -0.1) is 11.6 Å². The van der Waals surface area contributed by atoms with Crippen LogP contribution in [0.15, 0.2) is 30.3 Å². The Hall–Kier alpha value is -1.55. The number of likely N-dealkylation sites (N-methyl/N-ethyl adjacent to an activating group) is 1. The van der Waals surface area contributed by atoms with Gasteiger partial charge in [0.2, 0.25) is 11.8 Å². The Morgan fingerprint density at radius 3 is 2.74 bits per heavy atom. The molecule has 1 aliphatic rings. The van der Waals surface area contributed by atoms with Gasteiger partial charge in [-0.25, -0.2) is 0 Å². The third kappa shape index (κ3) is 2.89. The summed E-state index contributed by atoms with van der Waals surface area (Å²) in [5, 5.41) is 0. The summed E-state index contributed by atoms with van der Waals surface area (Å²) in [7, 11) is 1.64. The first kappa shape index (κ1) is 13.9. The molecular weight excluding hydrogens is 264 g/mol. The van der Waals surface area contributed by atoms with Crippen LogP contribution in [0.25, 0.3) is 0 Å². The van der Waals surface area contributed by atoms with Gasteiger partial charge in [-0.1, -0.05) is 18.2 Å². The molecule has 2 rings (SSSR count). The van der Waals surface area contributed by atoms with E-state index in [1.165, 1.54) is 4.90 Å². The molecule has 0 N–H and O–H groups in total. The molecule has 1 atom stereocenters. The van der Waals surface area contributed by atoms with E-state index in [4.69, 9.17) is 11.6 Å². The van der Waals surface area contributed by atoms with Crippen molar-refractivity contribution in [1.82, 2.24) is 4.90 Å². The molecule has 0 saturated carbocycles. The van der Waals surface area contributed by atoms with Crippen molar-refractivity contribution in [2.24, 2.45) is 0 Å². The third-order valence-corrected chi connectivity index (χ3v) is 3.68. The van der Waals surface area contributed by atoms with Crippen molar-refractivity contribution in [3.05, 3.63) is 30.3 Å². The Balaban J connectivity index is 2.17. The van der Waals surface area contributed by atoms with Crippen LogP contribution in [0.3, 0.4) is 0 Å². The van der Waals surface area contributed by atoms with Crippen LogP contribution in [0.5, 0.6) is 0 Å². The van der Waals surface area contributed by atoms with Gasteiger partial charge in [-0.3, -0.25) is 9.59 Å². The van der Waals surface area contributed by atoms with Crippen LogP contribution in [-0.2, 0) is 9.59 Å². The second-order valence-corrected chi connectivity index (χ2v) is 4.89. The van der Waals surface area contributed by atoms with E-state index >= 15 is 0 Å². The van der Waals surface area contributed by atoms with Crippen LogP contribution >= 0.6 is 11.6 Å². The van der Waals surface area contributed by atoms with Crippen LogP contribution in [0.2, 0.25) is 0 Å². The van der Waals surface area contributed by atoms with Crippen LogP contribution < -0.4 is 4.90 Å². The highest BCUT2D eigenvalue weighted by Gasteiger charge is 2.34. The topological polar surface area (TPSA) is 40.6 Å². The monoisotopic (exact) mass is 280 g/mol. The molecule has 0 spiro atoms. The number of alkyl halides is 1. The molecule has 0 aromatic heterocycles. The zero-order chi connectivity index (χ0) is 13.8. The van der Waals surface area contributed by atoms with Crippen molar-refractivity contribution < 1.29 is 9.59 Å². The van der Waals surface area contributed by atoms with Crippen molar-refractivity contribution in [2.45, 2.75) is 18.9 Å². The molecule has 102 valence electrons. The fourth-order valence-electron chi connectivity index (χ4n) is 2.35. The Bertz CT molecular complexity index is 464. The van der Waals surface area contributed by atoms with E-state index in [1.807, 2.05) is 30.3 Å². The molecule has 0 bridgehead atoms. The maximum atomic E-state index is 12.5. The van der Waals surface area contributed by atoms with Gasteiger partial charge in [-0.05, 0) is 25.0 Å². The van der Waals surface area contributed by atoms with Crippen LogP contribution in [0, 0.1) is 0 Å².